The number of pyridine rings is 1. The number of ether oxygens (including phenoxy) is 4. The Morgan fingerprint density at radius 3 is 2.37 bits per heavy atom. The normalized spacial score (nSPS) is 37.1. The molecule has 3 saturated heterocycles. The van der Waals surface area contributed by atoms with E-state index in [4.69, 9.17) is 18.9 Å². The van der Waals surface area contributed by atoms with Gasteiger partial charge in [-0.2, -0.15) is 0 Å². The lowest BCUT2D eigenvalue weighted by Gasteiger charge is -2.46. The summed E-state index contributed by atoms with van der Waals surface area (Å²) in [6.07, 6.45) is 3.61. The standard InChI is InChI=1S/C42H63N5O10/c1-11-32-42(8)36(47(40(52)57-42)18-13-12-17-46-22-30(44-23-46)29-15-14-16-43-21-29)26(4)33(48)24(2)20-41(7,53)37(27(5)34(49)28(6)38(51)55-32)56-39-35(50)31(45(9)10)19-25(3)54-39/h14-16,21-28,31-32,35-37,39,50,53H,11-13,17-20H2,1-10H3/t24-,25-,26+,27+,28-,31+,32-,35-,36-,37-,39+,41?,42-/m1/s1. The van der Waals surface area contributed by atoms with Gasteiger partial charge in [-0.1, -0.05) is 27.7 Å². The van der Waals surface area contributed by atoms with Crippen LogP contribution in [-0.4, -0.2) is 133 Å². The number of carbonyl (C=O) groups is 4. The minimum absolute atomic E-state index is 0.117. The smallest absolute Gasteiger partial charge is 0.410 e. The predicted molar refractivity (Wildman–Crippen MR) is 209 cm³/mol. The van der Waals surface area contributed by atoms with Crippen molar-refractivity contribution in [3.8, 4) is 11.3 Å². The van der Waals surface area contributed by atoms with Gasteiger partial charge in [0.25, 0.3) is 0 Å². The molecular weight excluding hydrogens is 734 g/mol. The zero-order chi connectivity index (χ0) is 42.0. The van der Waals surface area contributed by atoms with Gasteiger partial charge in [-0.25, -0.2) is 9.78 Å². The van der Waals surface area contributed by atoms with Crippen LogP contribution in [-0.2, 0) is 39.9 Å². The molecule has 1 unspecified atom stereocenters. The van der Waals surface area contributed by atoms with E-state index in [-0.39, 0.29) is 37.3 Å². The van der Waals surface area contributed by atoms with Gasteiger partial charge in [0.1, 0.15) is 23.9 Å². The molecule has 0 aliphatic carbocycles. The van der Waals surface area contributed by atoms with Gasteiger partial charge in [0.15, 0.2) is 17.7 Å². The molecule has 3 aliphatic rings. The quantitative estimate of drug-likeness (QED) is 0.198. The number of esters is 1. The van der Waals surface area contributed by atoms with E-state index in [1.807, 2.05) is 48.8 Å². The fraction of sp³-hybridized carbons (Fsp3) is 0.714. The molecule has 3 fully saturated rings. The van der Waals surface area contributed by atoms with E-state index in [2.05, 4.69) is 9.97 Å². The molecule has 0 radical (unpaired) electrons. The Morgan fingerprint density at radius 1 is 1.02 bits per heavy atom. The number of carbonyl (C=O) groups excluding carboxylic acids is 4. The maximum absolute atomic E-state index is 14.5. The van der Waals surface area contributed by atoms with Crippen molar-refractivity contribution in [3.05, 3.63) is 37.1 Å². The van der Waals surface area contributed by atoms with Gasteiger partial charge >= 0.3 is 12.1 Å². The number of hydrogen-bond donors (Lipinski definition) is 2. The summed E-state index contributed by atoms with van der Waals surface area (Å²) in [4.78, 5) is 68.4. The summed E-state index contributed by atoms with van der Waals surface area (Å²) in [5, 5.41) is 23.6. The minimum atomic E-state index is -1.81. The zero-order valence-corrected chi connectivity index (χ0v) is 35.2. The summed E-state index contributed by atoms with van der Waals surface area (Å²) in [6, 6.07) is 2.65. The van der Waals surface area contributed by atoms with Crippen molar-refractivity contribution < 1.29 is 48.3 Å². The molecule has 0 saturated carbocycles. The van der Waals surface area contributed by atoms with Crippen molar-refractivity contribution in [1.82, 2.24) is 24.3 Å². The molecule has 316 valence electrons. The topological polar surface area (TPSA) is 183 Å². The molecular formula is C42H63N5O10. The number of rotatable bonds is 10. The number of nitrogens with zero attached hydrogens (tertiary/aromatic N) is 5. The Morgan fingerprint density at radius 2 is 1.72 bits per heavy atom. The lowest BCUT2D eigenvalue weighted by Crippen LogP contribution is -2.60. The SMILES string of the molecule is CC[C@H]1OC(=O)[C@H](C)C(=O)[C@H](C)[C@@H](O[C@@H]2O[C@H](C)C[C@H](N(C)C)[C@H]2O)C(C)(O)C[C@@H](C)C(=O)[C@H](C)[C@H]2N(CCCCn3cnc(-c4cccnc4)c3)C(=O)O[C@]12C. The Hall–Kier alpha value is -3.76. The summed E-state index contributed by atoms with van der Waals surface area (Å²) >= 11 is 0. The van der Waals surface area contributed by atoms with Gasteiger partial charge in [-0.05, 0) is 86.0 Å². The third kappa shape index (κ3) is 9.43. The number of hydrogen-bond acceptors (Lipinski definition) is 13. The fourth-order valence-corrected chi connectivity index (χ4v) is 9.26. The first kappa shape index (κ1) is 44.3. The van der Waals surface area contributed by atoms with Crippen LogP contribution in [0.2, 0.25) is 0 Å². The third-order valence-corrected chi connectivity index (χ3v) is 12.4. The first-order valence-electron chi connectivity index (χ1n) is 20.4. The fourth-order valence-electron chi connectivity index (χ4n) is 9.26. The van der Waals surface area contributed by atoms with Crippen LogP contribution >= 0.6 is 0 Å². The van der Waals surface area contributed by atoms with Crippen LogP contribution in [0.1, 0.15) is 87.5 Å². The van der Waals surface area contributed by atoms with Gasteiger partial charge in [0.2, 0.25) is 0 Å². The van der Waals surface area contributed by atoms with Crippen LogP contribution in [0.3, 0.4) is 0 Å². The molecule has 57 heavy (non-hydrogen) atoms. The van der Waals surface area contributed by atoms with Crippen molar-refractivity contribution in [1.29, 1.82) is 0 Å². The van der Waals surface area contributed by atoms with E-state index in [1.54, 1.807) is 58.2 Å². The highest BCUT2D eigenvalue weighted by molar-refractivity contribution is 6.00. The average Bonchev–Trinajstić information content (AvgIpc) is 3.75. The van der Waals surface area contributed by atoms with Gasteiger partial charge in [-0.3, -0.25) is 19.4 Å². The number of fused-ring (bicyclic) bond motifs is 1. The number of aryl methyl sites for hydroxylation is 1. The van der Waals surface area contributed by atoms with Crippen molar-refractivity contribution in [2.75, 3.05) is 20.6 Å². The second-order valence-corrected chi connectivity index (χ2v) is 17.2. The van der Waals surface area contributed by atoms with Crippen LogP contribution < -0.4 is 0 Å². The van der Waals surface area contributed by atoms with Crippen LogP contribution in [0.15, 0.2) is 37.1 Å². The van der Waals surface area contributed by atoms with Gasteiger partial charge < -0.3 is 43.5 Å². The first-order chi connectivity index (χ1) is 26.8. The molecule has 3 aliphatic heterocycles. The van der Waals surface area contributed by atoms with E-state index < -0.39 is 83.4 Å². The Kier molecular flexibility index (Phi) is 14.0. The lowest BCUT2D eigenvalue weighted by atomic mass is 9.73. The molecule has 5 heterocycles. The van der Waals surface area contributed by atoms with Crippen LogP contribution in [0.5, 0.6) is 0 Å². The van der Waals surface area contributed by atoms with Gasteiger partial charge in [-0.15, -0.1) is 0 Å². The minimum Gasteiger partial charge on any atom is -0.458 e. The average molecular weight is 798 g/mol. The molecule has 0 aromatic carbocycles. The van der Waals surface area contributed by atoms with E-state index in [0.717, 1.165) is 11.3 Å². The predicted octanol–water partition coefficient (Wildman–Crippen LogP) is 4.28. The van der Waals surface area contributed by atoms with Crippen LogP contribution in [0.25, 0.3) is 11.3 Å². The zero-order valence-electron chi connectivity index (χ0n) is 35.2. The summed E-state index contributed by atoms with van der Waals surface area (Å²) < 4.78 is 26.6. The molecule has 2 aromatic heterocycles. The van der Waals surface area contributed by atoms with Crippen molar-refractivity contribution in [3.63, 3.8) is 0 Å². The highest BCUT2D eigenvalue weighted by atomic mass is 16.7. The highest BCUT2D eigenvalue weighted by Gasteiger charge is 2.60. The molecule has 0 bridgehead atoms. The van der Waals surface area contributed by atoms with E-state index in [9.17, 15) is 29.4 Å². The molecule has 13 atom stereocenters. The molecule has 2 aromatic rings. The molecule has 0 spiro atoms. The monoisotopic (exact) mass is 797 g/mol. The van der Waals surface area contributed by atoms with Crippen molar-refractivity contribution in [2.45, 2.75) is 148 Å². The second-order valence-electron chi connectivity index (χ2n) is 17.2. The summed E-state index contributed by atoms with van der Waals surface area (Å²) in [6.45, 7) is 14.2. The lowest BCUT2D eigenvalue weighted by molar-refractivity contribution is -0.293. The third-order valence-electron chi connectivity index (χ3n) is 12.4. The molecule has 15 nitrogen and oxygen atoms in total. The van der Waals surface area contributed by atoms with Crippen LogP contribution in [0.4, 0.5) is 4.79 Å². The molecule has 2 N–H and O–H groups in total. The summed E-state index contributed by atoms with van der Waals surface area (Å²) in [7, 11) is 3.68. The number of likely N-dealkylation sites (N-methyl/N-ethyl adjacent to an activating group) is 1. The number of ketones is 2. The van der Waals surface area contributed by atoms with Gasteiger partial charge in [0, 0.05) is 61.0 Å². The first-order valence-corrected chi connectivity index (χ1v) is 20.4. The number of cyclic esters (lactones) is 1. The van der Waals surface area contributed by atoms with Crippen molar-refractivity contribution in [2.24, 2.45) is 23.7 Å². The van der Waals surface area contributed by atoms with Crippen molar-refractivity contribution >= 4 is 23.6 Å². The number of amides is 1. The second kappa shape index (κ2) is 18.0. The Balaban J connectivity index is 1.41. The number of imidazole rings is 1. The molecule has 5 rings (SSSR count). The van der Waals surface area contributed by atoms with Crippen LogP contribution in [0, 0.1) is 23.7 Å². The number of aliphatic hydroxyl groups excluding tert-OH is 1. The van der Waals surface area contributed by atoms with Gasteiger partial charge in [0.05, 0.1) is 35.9 Å². The van der Waals surface area contributed by atoms with E-state index in [0.29, 0.717) is 25.8 Å². The number of aliphatic hydroxyl groups is 2. The molecule has 1 amide bonds. The Bertz CT molecular complexity index is 1720. The maximum Gasteiger partial charge on any atom is 0.410 e. The number of unbranched alkanes of at least 4 members (excludes halogenated alkanes) is 1. The highest BCUT2D eigenvalue weighted by Crippen LogP contribution is 2.42. The molecule has 15 heteroatoms. The Labute approximate surface area is 336 Å². The summed E-state index contributed by atoms with van der Waals surface area (Å²) in [5.74, 6) is -5.55. The summed E-state index contributed by atoms with van der Waals surface area (Å²) in [5.41, 5.74) is -1.53. The largest absolute Gasteiger partial charge is 0.458 e. The maximum atomic E-state index is 14.5. The number of aromatic nitrogens is 3. The van der Waals surface area contributed by atoms with E-state index in [1.165, 1.54) is 13.8 Å². The van der Waals surface area contributed by atoms with E-state index >= 15 is 0 Å². The number of Topliss-reactive ketones (excluding diaryl/α,β-unsaturated/α-hetero) is 2.